The van der Waals surface area contributed by atoms with Gasteiger partial charge in [0.25, 0.3) is 0 Å². The Labute approximate surface area is 161 Å². The molecule has 4 N–H and O–H groups in total. The lowest BCUT2D eigenvalue weighted by molar-refractivity contribution is -0.123. The van der Waals surface area contributed by atoms with Crippen LogP contribution in [-0.4, -0.2) is 56.5 Å². The van der Waals surface area contributed by atoms with Crippen molar-refractivity contribution in [2.45, 2.75) is 38.5 Å². The number of amides is 1. The SMILES string of the molecule is CN=C(NCCCCN1CCC(C(N)=O)CC1)NCC(C)c1ccsc1. The Morgan fingerprint density at radius 2 is 2.15 bits per heavy atom. The molecule has 146 valence electrons. The molecule has 26 heavy (non-hydrogen) atoms. The molecule has 1 aliphatic rings. The molecule has 0 aromatic carbocycles. The minimum absolute atomic E-state index is 0.0822. The van der Waals surface area contributed by atoms with Crippen LogP contribution in [0.1, 0.15) is 44.1 Å². The van der Waals surface area contributed by atoms with Crippen LogP contribution >= 0.6 is 11.3 Å². The number of carbonyl (C=O) groups is 1. The fourth-order valence-corrected chi connectivity index (χ4v) is 4.03. The fraction of sp³-hybridized carbons (Fsp3) is 0.684. The van der Waals surface area contributed by atoms with Crippen LogP contribution in [0, 0.1) is 5.92 Å². The summed E-state index contributed by atoms with van der Waals surface area (Å²) in [6, 6.07) is 2.18. The van der Waals surface area contributed by atoms with Crippen LogP contribution < -0.4 is 16.4 Å². The molecule has 1 atom stereocenters. The van der Waals surface area contributed by atoms with Crippen molar-refractivity contribution >= 4 is 23.2 Å². The molecule has 0 radical (unpaired) electrons. The van der Waals surface area contributed by atoms with Crippen molar-refractivity contribution in [3.05, 3.63) is 22.4 Å². The van der Waals surface area contributed by atoms with Crippen LogP contribution in [-0.2, 0) is 4.79 Å². The van der Waals surface area contributed by atoms with E-state index in [4.69, 9.17) is 5.73 Å². The molecule has 0 aliphatic carbocycles. The second-order valence-corrected chi connectivity index (χ2v) is 7.84. The Bertz CT molecular complexity index is 552. The number of nitrogens with zero attached hydrogens (tertiary/aromatic N) is 2. The summed E-state index contributed by atoms with van der Waals surface area (Å²) in [4.78, 5) is 17.9. The van der Waals surface area contributed by atoms with Crippen LogP contribution in [0.25, 0.3) is 0 Å². The highest BCUT2D eigenvalue weighted by Gasteiger charge is 2.22. The molecule has 0 bridgehead atoms. The quantitative estimate of drug-likeness (QED) is 0.348. The highest BCUT2D eigenvalue weighted by atomic mass is 32.1. The number of piperidine rings is 1. The number of guanidine groups is 1. The van der Waals surface area contributed by atoms with Crippen molar-refractivity contribution in [2.24, 2.45) is 16.6 Å². The molecule has 1 aromatic rings. The van der Waals surface area contributed by atoms with E-state index in [9.17, 15) is 4.79 Å². The molecule has 1 aromatic heterocycles. The molecule has 0 spiro atoms. The highest BCUT2D eigenvalue weighted by Crippen LogP contribution is 2.17. The van der Waals surface area contributed by atoms with Gasteiger partial charge in [0, 0.05) is 26.1 Å². The Hall–Kier alpha value is -1.60. The van der Waals surface area contributed by atoms with E-state index >= 15 is 0 Å². The molecule has 0 saturated carbocycles. The Kier molecular flexibility index (Phi) is 8.91. The standard InChI is InChI=1S/C19H33N5OS/c1-15(17-7-12-26-14-17)13-23-19(21-2)22-8-3-4-9-24-10-5-16(6-11-24)18(20)25/h7,12,14-16H,3-6,8-11,13H2,1-2H3,(H2,20,25)(H2,21,22,23). The van der Waals surface area contributed by atoms with Gasteiger partial charge < -0.3 is 21.3 Å². The second kappa shape index (κ2) is 11.2. The molecule has 7 heteroatoms. The van der Waals surface area contributed by atoms with Gasteiger partial charge in [-0.15, -0.1) is 0 Å². The lowest BCUT2D eigenvalue weighted by atomic mass is 9.96. The third-order valence-corrected chi connectivity index (χ3v) is 5.80. The van der Waals surface area contributed by atoms with Gasteiger partial charge in [-0.2, -0.15) is 11.3 Å². The molecular formula is C19H33N5OS. The van der Waals surface area contributed by atoms with Gasteiger partial charge in [-0.25, -0.2) is 0 Å². The third-order valence-electron chi connectivity index (χ3n) is 5.10. The van der Waals surface area contributed by atoms with Crippen molar-refractivity contribution < 1.29 is 4.79 Å². The van der Waals surface area contributed by atoms with E-state index in [-0.39, 0.29) is 11.8 Å². The Morgan fingerprint density at radius 1 is 1.38 bits per heavy atom. The number of likely N-dealkylation sites (tertiary alicyclic amines) is 1. The number of hydrogen-bond acceptors (Lipinski definition) is 4. The highest BCUT2D eigenvalue weighted by molar-refractivity contribution is 7.07. The summed E-state index contributed by atoms with van der Waals surface area (Å²) in [6.45, 7) is 7.10. The van der Waals surface area contributed by atoms with Gasteiger partial charge in [0.1, 0.15) is 0 Å². The van der Waals surface area contributed by atoms with E-state index in [1.807, 2.05) is 7.05 Å². The number of unbranched alkanes of at least 4 members (excludes halogenated alkanes) is 1. The maximum Gasteiger partial charge on any atom is 0.220 e. The molecule has 1 unspecified atom stereocenters. The summed E-state index contributed by atoms with van der Waals surface area (Å²) in [7, 11) is 1.81. The number of hydrogen-bond donors (Lipinski definition) is 3. The number of nitrogens with two attached hydrogens (primary N) is 1. The van der Waals surface area contributed by atoms with Crippen molar-refractivity contribution in [1.29, 1.82) is 0 Å². The van der Waals surface area contributed by atoms with Gasteiger partial charge in [0.15, 0.2) is 5.96 Å². The molecule has 2 heterocycles. The average molecular weight is 380 g/mol. The molecular weight excluding hydrogens is 346 g/mol. The number of carbonyl (C=O) groups excluding carboxylic acids is 1. The number of thiophene rings is 1. The Morgan fingerprint density at radius 3 is 2.77 bits per heavy atom. The number of rotatable bonds is 9. The lowest BCUT2D eigenvalue weighted by Crippen LogP contribution is -2.40. The van der Waals surface area contributed by atoms with E-state index in [0.717, 1.165) is 64.4 Å². The van der Waals surface area contributed by atoms with E-state index in [2.05, 4.69) is 44.3 Å². The number of nitrogens with one attached hydrogen (secondary N) is 2. The number of primary amides is 1. The molecule has 1 fully saturated rings. The van der Waals surface area contributed by atoms with Gasteiger partial charge in [-0.1, -0.05) is 6.92 Å². The molecule has 1 aliphatic heterocycles. The van der Waals surface area contributed by atoms with E-state index in [0.29, 0.717) is 5.92 Å². The predicted octanol–water partition coefficient (Wildman–Crippen LogP) is 1.99. The normalized spacial score (nSPS) is 17.8. The van der Waals surface area contributed by atoms with Crippen molar-refractivity contribution in [1.82, 2.24) is 15.5 Å². The summed E-state index contributed by atoms with van der Waals surface area (Å²) in [6.07, 6.45) is 4.08. The first-order valence-electron chi connectivity index (χ1n) is 9.58. The first-order valence-corrected chi connectivity index (χ1v) is 10.5. The summed E-state index contributed by atoms with van der Waals surface area (Å²) < 4.78 is 0. The predicted molar refractivity (Wildman–Crippen MR) is 110 cm³/mol. The van der Waals surface area contributed by atoms with Gasteiger partial charge in [-0.05, 0) is 73.6 Å². The van der Waals surface area contributed by atoms with Gasteiger partial charge in [-0.3, -0.25) is 9.79 Å². The van der Waals surface area contributed by atoms with Crippen molar-refractivity contribution in [3.63, 3.8) is 0 Å². The molecule has 2 rings (SSSR count). The van der Waals surface area contributed by atoms with Gasteiger partial charge in [0.2, 0.25) is 5.91 Å². The second-order valence-electron chi connectivity index (χ2n) is 7.06. The zero-order valence-electron chi connectivity index (χ0n) is 16.0. The average Bonchev–Trinajstić information content (AvgIpc) is 3.19. The fourth-order valence-electron chi connectivity index (χ4n) is 3.25. The maximum atomic E-state index is 11.2. The third kappa shape index (κ3) is 6.96. The largest absolute Gasteiger partial charge is 0.369 e. The van der Waals surface area contributed by atoms with Crippen LogP contribution in [0.3, 0.4) is 0 Å². The van der Waals surface area contributed by atoms with Crippen molar-refractivity contribution in [3.8, 4) is 0 Å². The van der Waals surface area contributed by atoms with Gasteiger partial charge in [0.05, 0.1) is 0 Å². The smallest absolute Gasteiger partial charge is 0.220 e. The molecule has 1 amide bonds. The van der Waals surface area contributed by atoms with E-state index in [1.54, 1.807) is 11.3 Å². The zero-order chi connectivity index (χ0) is 18.8. The summed E-state index contributed by atoms with van der Waals surface area (Å²) in [5.41, 5.74) is 6.76. The molecule has 1 saturated heterocycles. The van der Waals surface area contributed by atoms with E-state index < -0.39 is 0 Å². The van der Waals surface area contributed by atoms with Crippen molar-refractivity contribution in [2.75, 3.05) is 39.8 Å². The minimum atomic E-state index is -0.138. The lowest BCUT2D eigenvalue weighted by Gasteiger charge is -2.30. The first-order chi connectivity index (χ1) is 12.6. The summed E-state index contributed by atoms with van der Waals surface area (Å²) >= 11 is 1.74. The Balaban J connectivity index is 1.53. The summed E-state index contributed by atoms with van der Waals surface area (Å²) in [5.74, 6) is 1.29. The van der Waals surface area contributed by atoms with Crippen LogP contribution in [0.15, 0.2) is 21.8 Å². The maximum absolute atomic E-state index is 11.2. The van der Waals surface area contributed by atoms with Gasteiger partial charge >= 0.3 is 0 Å². The topological polar surface area (TPSA) is 82.8 Å². The van der Waals surface area contributed by atoms with E-state index in [1.165, 1.54) is 5.56 Å². The van der Waals surface area contributed by atoms with Crippen LogP contribution in [0.2, 0.25) is 0 Å². The van der Waals surface area contributed by atoms with Crippen LogP contribution in [0.4, 0.5) is 0 Å². The van der Waals surface area contributed by atoms with Crippen LogP contribution in [0.5, 0.6) is 0 Å². The first kappa shape index (κ1) is 20.7. The number of aliphatic imine (C=N–C) groups is 1. The summed E-state index contributed by atoms with van der Waals surface area (Å²) in [5, 5.41) is 11.1. The monoisotopic (exact) mass is 379 g/mol. The minimum Gasteiger partial charge on any atom is -0.369 e. The zero-order valence-corrected chi connectivity index (χ0v) is 16.9. The molecule has 6 nitrogen and oxygen atoms in total.